The van der Waals surface area contributed by atoms with Crippen LogP contribution in [0.1, 0.15) is 17.5 Å². The van der Waals surface area contributed by atoms with Crippen molar-refractivity contribution >= 4 is 5.91 Å². The maximum absolute atomic E-state index is 13.5. The summed E-state index contributed by atoms with van der Waals surface area (Å²) in [5.74, 6) is -0.183. The second kappa shape index (κ2) is 10.8. The molecular formula is C22H30FN3O. The highest BCUT2D eigenvalue weighted by Gasteiger charge is 2.21. The Bertz CT molecular complexity index is 700. The van der Waals surface area contributed by atoms with Gasteiger partial charge < -0.3 is 15.5 Å². The minimum Gasteiger partial charge on any atom is -0.340 e. The molecule has 0 bridgehead atoms. The number of aryl methyl sites for hydroxylation is 1. The SMILES string of the molecule is CN1CCN(C(=O)CC(N)Cc2ccccc2F)CC1.Cc1ccccc1. The van der Waals surface area contributed by atoms with E-state index >= 15 is 0 Å². The van der Waals surface area contributed by atoms with Crippen LogP contribution < -0.4 is 5.73 Å². The highest BCUT2D eigenvalue weighted by molar-refractivity contribution is 5.77. The molecular weight excluding hydrogens is 341 g/mol. The van der Waals surface area contributed by atoms with Crippen LogP contribution in [0.3, 0.4) is 0 Å². The predicted molar refractivity (Wildman–Crippen MR) is 108 cm³/mol. The van der Waals surface area contributed by atoms with Crippen molar-refractivity contribution < 1.29 is 9.18 Å². The maximum Gasteiger partial charge on any atom is 0.224 e. The fraction of sp³-hybridized carbons (Fsp3) is 0.409. The van der Waals surface area contributed by atoms with Crippen molar-refractivity contribution in [3.05, 3.63) is 71.5 Å². The summed E-state index contributed by atoms with van der Waals surface area (Å²) in [5, 5.41) is 0. The minimum atomic E-state index is -0.334. The van der Waals surface area contributed by atoms with E-state index < -0.39 is 0 Å². The van der Waals surface area contributed by atoms with E-state index in [1.165, 1.54) is 11.6 Å². The Morgan fingerprint density at radius 2 is 1.63 bits per heavy atom. The molecule has 2 aromatic rings. The third-order valence-corrected chi connectivity index (χ3v) is 4.67. The molecule has 4 nitrogen and oxygen atoms in total. The second-order valence-corrected chi connectivity index (χ2v) is 7.10. The van der Waals surface area contributed by atoms with Crippen molar-refractivity contribution in [2.75, 3.05) is 33.2 Å². The Labute approximate surface area is 161 Å². The van der Waals surface area contributed by atoms with Gasteiger partial charge in [-0.05, 0) is 32.0 Å². The number of nitrogens with two attached hydrogens (primary N) is 1. The predicted octanol–water partition coefficient (Wildman–Crippen LogP) is 2.85. The Morgan fingerprint density at radius 1 is 1.04 bits per heavy atom. The lowest BCUT2D eigenvalue weighted by Gasteiger charge is -2.33. The number of piperazine rings is 1. The van der Waals surface area contributed by atoms with Crippen LogP contribution in [0, 0.1) is 12.7 Å². The lowest BCUT2D eigenvalue weighted by molar-refractivity contribution is -0.133. The molecule has 1 saturated heterocycles. The average Bonchev–Trinajstić information content (AvgIpc) is 2.65. The van der Waals surface area contributed by atoms with Gasteiger partial charge in [0.1, 0.15) is 5.82 Å². The van der Waals surface area contributed by atoms with Gasteiger partial charge in [-0.25, -0.2) is 4.39 Å². The van der Waals surface area contributed by atoms with E-state index in [9.17, 15) is 9.18 Å². The van der Waals surface area contributed by atoms with E-state index in [0.29, 0.717) is 12.0 Å². The Hall–Kier alpha value is -2.24. The molecule has 27 heavy (non-hydrogen) atoms. The number of benzene rings is 2. The van der Waals surface area contributed by atoms with E-state index in [0.717, 1.165) is 26.2 Å². The molecule has 5 heteroatoms. The summed E-state index contributed by atoms with van der Waals surface area (Å²) >= 11 is 0. The first-order chi connectivity index (χ1) is 13.0. The van der Waals surface area contributed by atoms with E-state index in [1.54, 1.807) is 18.2 Å². The Balaban J connectivity index is 0.000000313. The van der Waals surface area contributed by atoms with Gasteiger partial charge in [-0.15, -0.1) is 0 Å². The van der Waals surface area contributed by atoms with Gasteiger partial charge in [0.15, 0.2) is 0 Å². The van der Waals surface area contributed by atoms with E-state index in [4.69, 9.17) is 5.73 Å². The van der Waals surface area contributed by atoms with Crippen LogP contribution in [-0.4, -0.2) is 55.0 Å². The van der Waals surface area contributed by atoms with Gasteiger partial charge in [0.05, 0.1) is 0 Å². The number of rotatable bonds is 4. The number of nitrogens with zero attached hydrogens (tertiary/aromatic N) is 2. The highest BCUT2D eigenvalue weighted by Crippen LogP contribution is 2.11. The summed E-state index contributed by atoms with van der Waals surface area (Å²) in [5.41, 5.74) is 7.88. The number of carbonyl (C=O) groups is 1. The number of likely N-dealkylation sites (N-methyl/N-ethyl adjacent to an activating group) is 1. The van der Waals surface area contributed by atoms with Crippen LogP contribution in [0.5, 0.6) is 0 Å². The van der Waals surface area contributed by atoms with Gasteiger partial charge in [0.25, 0.3) is 0 Å². The lowest BCUT2D eigenvalue weighted by Crippen LogP contribution is -2.48. The zero-order valence-electron chi connectivity index (χ0n) is 16.3. The first-order valence-electron chi connectivity index (χ1n) is 9.42. The van der Waals surface area contributed by atoms with E-state index in [-0.39, 0.29) is 24.2 Å². The molecule has 1 atom stereocenters. The van der Waals surface area contributed by atoms with Gasteiger partial charge in [0.2, 0.25) is 5.91 Å². The van der Waals surface area contributed by atoms with E-state index in [2.05, 4.69) is 24.0 Å². The zero-order valence-corrected chi connectivity index (χ0v) is 16.3. The molecule has 1 aliphatic heterocycles. The largest absolute Gasteiger partial charge is 0.340 e. The first kappa shape index (κ1) is 21.1. The van der Waals surface area contributed by atoms with Crippen molar-refractivity contribution in [2.24, 2.45) is 5.73 Å². The molecule has 3 rings (SSSR count). The van der Waals surface area contributed by atoms with Gasteiger partial charge in [0, 0.05) is 38.6 Å². The van der Waals surface area contributed by atoms with Gasteiger partial charge in [-0.2, -0.15) is 0 Å². The van der Waals surface area contributed by atoms with Gasteiger partial charge in [-0.1, -0.05) is 54.1 Å². The molecule has 1 aliphatic rings. The topological polar surface area (TPSA) is 49.6 Å². The van der Waals surface area contributed by atoms with Crippen molar-refractivity contribution in [3.8, 4) is 0 Å². The van der Waals surface area contributed by atoms with Crippen molar-refractivity contribution in [1.29, 1.82) is 0 Å². The molecule has 1 heterocycles. The van der Waals surface area contributed by atoms with Crippen molar-refractivity contribution in [3.63, 3.8) is 0 Å². The van der Waals surface area contributed by atoms with Gasteiger partial charge in [-0.3, -0.25) is 4.79 Å². The zero-order chi connectivity index (χ0) is 19.6. The maximum atomic E-state index is 13.5. The van der Waals surface area contributed by atoms with Crippen molar-refractivity contribution in [1.82, 2.24) is 9.80 Å². The minimum absolute atomic E-state index is 0.0712. The molecule has 0 radical (unpaired) electrons. The molecule has 0 saturated carbocycles. The number of halogens is 1. The number of amides is 1. The molecule has 0 aliphatic carbocycles. The van der Waals surface area contributed by atoms with Gasteiger partial charge >= 0.3 is 0 Å². The standard InChI is InChI=1S/C15H22FN3O.C7H8/c1-18-6-8-19(9-7-18)15(20)11-13(17)10-12-4-2-3-5-14(12)16;1-7-5-3-2-4-6-7/h2-5,13H,6-11,17H2,1H3;2-6H,1H3. The second-order valence-electron chi connectivity index (χ2n) is 7.10. The number of carbonyl (C=O) groups excluding carboxylic acids is 1. The van der Waals surface area contributed by atoms with Crippen LogP contribution in [0.4, 0.5) is 4.39 Å². The smallest absolute Gasteiger partial charge is 0.224 e. The molecule has 146 valence electrons. The molecule has 2 N–H and O–H groups in total. The first-order valence-corrected chi connectivity index (χ1v) is 9.42. The molecule has 0 aromatic heterocycles. The Kier molecular flexibility index (Phi) is 8.43. The summed E-state index contributed by atoms with van der Waals surface area (Å²) < 4.78 is 13.5. The van der Waals surface area contributed by atoms with Crippen LogP contribution in [0.15, 0.2) is 54.6 Å². The molecule has 1 amide bonds. The monoisotopic (exact) mass is 371 g/mol. The molecule has 1 fully saturated rings. The van der Waals surface area contributed by atoms with Crippen LogP contribution in [-0.2, 0) is 11.2 Å². The molecule has 0 spiro atoms. The molecule has 1 unspecified atom stereocenters. The summed E-state index contributed by atoms with van der Waals surface area (Å²) in [6.45, 7) is 5.38. The average molecular weight is 372 g/mol. The third kappa shape index (κ3) is 7.49. The summed E-state index contributed by atoms with van der Waals surface area (Å²) in [6.07, 6.45) is 0.671. The summed E-state index contributed by atoms with van der Waals surface area (Å²) in [7, 11) is 2.05. The quantitative estimate of drug-likeness (QED) is 0.899. The number of hydrogen-bond acceptors (Lipinski definition) is 3. The lowest BCUT2D eigenvalue weighted by atomic mass is 10.0. The van der Waals surface area contributed by atoms with Crippen molar-refractivity contribution in [2.45, 2.75) is 25.8 Å². The molecule has 2 aromatic carbocycles. The van der Waals surface area contributed by atoms with Crippen LogP contribution in [0.25, 0.3) is 0 Å². The fourth-order valence-electron chi connectivity index (χ4n) is 2.96. The third-order valence-electron chi connectivity index (χ3n) is 4.67. The van der Waals surface area contributed by atoms with Crippen LogP contribution in [0.2, 0.25) is 0 Å². The number of hydrogen-bond donors (Lipinski definition) is 1. The fourth-order valence-corrected chi connectivity index (χ4v) is 2.96. The van der Waals surface area contributed by atoms with E-state index in [1.807, 2.05) is 30.1 Å². The summed E-state index contributed by atoms with van der Waals surface area (Å²) in [4.78, 5) is 16.2. The normalized spacial score (nSPS) is 15.6. The Morgan fingerprint density at radius 3 is 2.19 bits per heavy atom. The highest BCUT2D eigenvalue weighted by atomic mass is 19.1. The van der Waals surface area contributed by atoms with Crippen LogP contribution >= 0.6 is 0 Å². The summed E-state index contributed by atoms with van der Waals surface area (Å²) in [6, 6.07) is 16.5.